The molecule has 0 spiro atoms. The predicted octanol–water partition coefficient (Wildman–Crippen LogP) is 2.11. The van der Waals surface area contributed by atoms with Crippen LogP contribution in [0.4, 0.5) is 0 Å². The molecule has 3 heterocycles. The van der Waals surface area contributed by atoms with Gasteiger partial charge in [-0.2, -0.15) is 0 Å². The number of pyridine rings is 2. The molecular formula is C15H8N2O2. The van der Waals surface area contributed by atoms with Gasteiger partial charge in [-0.15, -0.1) is 0 Å². The van der Waals surface area contributed by atoms with Gasteiger partial charge >= 0.3 is 0 Å². The summed E-state index contributed by atoms with van der Waals surface area (Å²) < 4.78 is 1.76. The molecule has 0 bridgehead atoms. The van der Waals surface area contributed by atoms with Crippen LogP contribution in [0.15, 0.2) is 48.8 Å². The quantitative estimate of drug-likeness (QED) is 0.479. The molecule has 0 N–H and O–H groups in total. The third-order valence-corrected chi connectivity index (χ3v) is 3.41. The molecule has 19 heavy (non-hydrogen) atoms. The third-order valence-electron chi connectivity index (χ3n) is 3.41. The highest BCUT2D eigenvalue weighted by atomic mass is 16.1. The van der Waals surface area contributed by atoms with E-state index in [2.05, 4.69) is 4.98 Å². The van der Waals surface area contributed by atoms with Gasteiger partial charge in [-0.1, -0.05) is 6.07 Å². The molecule has 0 radical (unpaired) electrons. The van der Waals surface area contributed by atoms with Crippen LogP contribution in [0.2, 0.25) is 0 Å². The second-order valence-electron chi connectivity index (χ2n) is 4.46. The molecule has 0 aliphatic heterocycles. The maximum atomic E-state index is 12.5. The first kappa shape index (κ1) is 10.2. The molecule has 4 nitrogen and oxygen atoms in total. The normalized spacial score (nSPS) is 13.5. The Kier molecular flexibility index (Phi) is 1.82. The Hall–Kier alpha value is -2.75. The summed E-state index contributed by atoms with van der Waals surface area (Å²) >= 11 is 0. The van der Waals surface area contributed by atoms with Gasteiger partial charge in [-0.3, -0.25) is 14.6 Å². The molecule has 90 valence electrons. The van der Waals surface area contributed by atoms with E-state index in [-0.39, 0.29) is 17.3 Å². The molecular weight excluding hydrogens is 240 g/mol. The van der Waals surface area contributed by atoms with Crippen LogP contribution in [0, 0.1) is 0 Å². The molecule has 0 unspecified atom stereocenters. The average Bonchev–Trinajstić information content (AvgIpc) is 2.84. The van der Waals surface area contributed by atoms with Crippen LogP contribution in [0.25, 0.3) is 5.52 Å². The minimum absolute atomic E-state index is 0.149. The van der Waals surface area contributed by atoms with E-state index in [1.807, 2.05) is 18.2 Å². The van der Waals surface area contributed by atoms with Gasteiger partial charge in [0.15, 0.2) is 0 Å². The lowest BCUT2D eigenvalue weighted by atomic mass is 9.92. The molecule has 0 amide bonds. The van der Waals surface area contributed by atoms with E-state index < -0.39 is 0 Å². The number of hydrogen-bond acceptors (Lipinski definition) is 3. The van der Waals surface area contributed by atoms with Crippen molar-refractivity contribution in [1.82, 2.24) is 9.38 Å². The molecule has 1 aliphatic carbocycles. The van der Waals surface area contributed by atoms with Crippen molar-refractivity contribution >= 4 is 17.1 Å². The van der Waals surface area contributed by atoms with Crippen LogP contribution in [-0.2, 0) is 0 Å². The molecule has 3 aromatic heterocycles. The van der Waals surface area contributed by atoms with Gasteiger partial charge in [0.25, 0.3) is 0 Å². The Bertz CT molecular complexity index is 861. The van der Waals surface area contributed by atoms with Gasteiger partial charge < -0.3 is 4.40 Å². The van der Waals surface area contributed by atoms with Gasteiger partial charge in [-0.25, -0.2) is 0 Å². The second kappa shape index (κ2) is 3.38. The number of nitrogens with zero attached hydrogens (tertiary/aromatic N) is 2. The number of rotatable bonds is 0. The highest BCUT2D eigenvalue weighted by Crippen LogP contribution is 2.28. The fourth-order valence-corrected chi connectivity index (χ4v) is 2.55. The molecule has 4 heteroatoms. The van der Waals surface area contributed by atoms with Gasteiger partial charge in [0.2, 0.25) is 11.6 Å². The number of fused-ring (bicyclic) bond motifs is 4. The Balaban J connectivity index is 2.14. The van der Waals surface area contributed by atoms with E-state index in [0.717, 1.165) is 5.52 Å². The van der Waals surface area contributed by atoms with E-state index in [4.69, 9.17) is 0 Å². The summed E-state index contributed by atoms with van der Waals surface area (Å²) in [6, 6.07) is 10.6. The maximum Gasteiger partial charge on any atom is 0.214 e. The van der Waals surface area contributed by atoms with Crippen molar-refractivity contribution in [3.63, 3.8) is 0 Å². The summed E-state index contributed by atoms with van der Waals surface area (Å²) in [6.45, 7) is 0. The SMILES string of the molecule is O=C1c2cc3ccccn3c2C(=O)c2cccnc21. The Morgan fingerprint density at radius 3 is 2.74 bits per heavy atom. The van der Waals surface area contributed by atoms with Gasteiger partial charge in [0.1, 0.15) is 11.4 Å². The van der Waals surface area contributed by atoms with Gasteiger partial charge in [-0.05, 0) is 30.3 Å². The first-order chi connectivity index (χ1) is 9.27. The van der Waals surface area contributed by atoms with E-state index in [1.165, 1.54) is 6.20 Å². The first-order valence-electron chi connectivity index (χ1n) is 5.92. The van der Waals surface area contributed by atoms with E-state index in [0.29, 0.717) is 16.8 Å². The number of hydrogen-bond donors (Lipinski definition) is 0. The van der Waals surface area contributed by atoms with Crippen LogP contribution < -0.4 is 0 Å². The highest BCUT2D eigenvalue weighted by Gasteiger charge is 2.33. The molecule has 4 rings (SSSR count). The molecule has 1 aliphatic rings. The lowest BCUT2D eigenvalue weighted by Gasteiger charge is -2.13. The molecule has 0 fully saturated rings. The van der Waals surface area contributed by atoms with Crippen molar-refractivity contribution < 1.29 is 9.59 Å². The summed E-state index contributed by atoms with van der Waals surface area (Å²) in [4.78, 5) is 29.0. The van der Waals surface area contributed by atoms with Crippen LogP contribution in [0.1, 0.15) is 32.1 Å². The predicted molar refractivity (Wildman–Crippen MR) is 68.5 cm³/mol. The number of aromatic nitrogens is 2. The van der Waals surface area contributed by atoms with Crippen molar-refractivity contribution in [2.24, 2.45) is 0 Å². The third kappa shape index (κ3) is 1.20. The summed E-state index contributed by atoms with van der Waals surface area (Å²) in [5.74, 6) is -0.335. The zero-order chi connectivity index (χ0) is 13.0. The molecule has 3 aromatic rings. The molecule has 0 saturated carbocycles. The first-order valence-corrected chi connectivity index (χ1v) is 5.92. The second-order valence-corrected chi connectivity index (χ2v) is 4.46. The Morgan fingerprint density at radius 2 is 1.84 bits per heavy atom. The minimum Gasteiger partial charge on any atom is -0.313 e. The zero-order valence-electron chi connectivity index (χ0n) is 9.83. The van der Waals surface area contributed by atoms with Crippen LogP contribution in [-0.4, -0.2) is 21.0 Å². The molecule has 0 saturated heterocycles. The summed E-state index contributed by atoms with van der Waals surface area (Å²) in [7, 11) is 0. The van der Waals surface area contributed by atoms with Crippen LogP contribution in [0.3, 0.4) is 0 Å². The lowest BCUT2D eigenvalue weighted by Crippen LogP contribution is -2.22. The number of carbonyl (C=O) groups is 2. The number of carbonyl (C=O) groups excluding carboxylic acids is 2. The topological polar surface area (TPSA) is 51.4 Å². The fourth-order valence-electron chi connectivity index (χ4n) is 2.55. The molecule has 0 atom stereocenters. The van der Waals surface area contributed by atoms with Crippen LogP contribution >= 0.6 is 0 Å². The number of ketones is 2. The summed E-state index contributed by atoms with van der Waals surface area (Å²) in [5, 5.41) is 0. The Morgan fingerprint density at radius 1 is 0.947 bits per heavy atom. The summed E-state index contributed by atoms with van der Waals surface area (Å²) in [6.07, 6.45) is 3.32. The standard InChI is InChI=1S/C15H8N2O2/c18-14-11-8-9-4-1-2-7-17(9)13(11)15(19)10-5-3-6-16-12(10)14/h1-8H. The monoisotopic (exact) mass is 248 g/mol. The smallest absolute Gasteiger partial charge is 0.214 e. The average molecular weight is 248 g/mol. The zero-order valence-corrected chi connectivity index (χ0v) is 9.83. The minimum atomic E-state index is -0.186. The van der Waals surface area contributed by atoms with Crippen molar-refractivity contribution in [2.75, 3.05) is 0 Å². The maximum absolute atomic E-state index is 12.5. The van der Waals surface area contributed by atoms with Crippen LogP contribution in [0.5, 0.6) is 0 Å². The molecule has 0 aromatic carbocycles. The lowest BCUT2D eigenvalue weighted by molar-refractivity contribution is 0.0972. The van der Waals surface area contributed by atoms with E-state index in [1.54, 1.807) is 28.8 Å². The fraction of sp³-hybridized carbons (Fsp3) is 0. The highest BCUT2D eigenvalue weighted by molar-refractivity contribution is 6.27. The van der Waals surface area contributed by atoms with E-state index in [9.17, 15) is 9.59 Å². The summed E-state index contributed by atoms with van der Waals surface area (Å²) in [5.41, 5.74) is 2.32. The van der Waals surface area contributed by atoms with Gasteiger partial charge in [0.05, 0.1) is 11.1 Å². The van der Waals surface area contributed by atoms with Crippen molar-refractivity contribution in [3.8, 4) is 0 Å². The largest absolute Gasteiger partial charge is 0.313 e. The van der Waals surface area contributed by atoms with Gasteiger partial charge in [0, 0.05) is 17.9 Å². The van der Waals surface area contributed by atoms with Crippen molar-refractivity contribution in [1.29, 1.82) is 0 Å². The van der Waals surface area contributed by atoms with E-state index >= 15 is 0 Å². The Labute approximate surface area is 108 Å². The van der Waals surface area contributed by atoms with Crippen molar-refractivity contribution in [3.05, 3.63) is 71.3 Å². The van der Waals surface area contributed by atoms with Crippen molar-refractivity contribution in [2.45, 2.75) is 0 Å².